The van der Waals surface area contributed by atoms with Crippen LogP contribution >= 0.6 is 0 Å². The third-order valence-electron chi connectivity index (χ3n) is 2.69. The van der Waals surface area contributed by atoms with Gasteiger partial charge in [-0.15, -0.1) is 0 Å². The van der Waals surface area contributed by atoms with Gasteiger partial charge in [-0.25, -0.2) is 0 Å². The first kappa shape index (κ1) is 13.0. The second-order valence-corrected chi connectivity index (χ2v) is 4.66. The Labute approximate surface area is 84.3 Å². The standard InChI is InChI=1S/C12H27N/c1-6-11(5)8-12(7-2)13-9-10(3)4/h10-13H,6-9H2,1-5H3. The van der Waals surface area contributed by atoms with E-state index in [-0.39, 0.29) is 0 Å². The van der Waals surface area contributed by atoms with Gasteiger partial charge < -0.3 is 5.32 Å². The summed E-state index contributed by atoms with van der Waals surface area (Å²) in [6, 6.07) is 0.734. The van der Waals surface area contributed by atoms with Gasteiger partial charge in [0.2, 0.25) is 0 Å². The molecule has 0 aromatic carbocycles. The van der Waals surface area contributed by atoms with Crippen molar-refractivity contribution in [3.63, 3.8) is 0 Å². The van der Waals surface area contributed by atoms with Gasteiger partial charge in [0, 0.05) is 6.04 Å². The van der Waals surface area contributed by atoms with E-state index in [4.69, 9.17) is 0 Å². The molecule has 13 heavy (non-hydrogen) atoms. The highest BCUT2D eigenvalue weighted by atomic mass is 14.9. The largest absolute Gasteiger partial charge is 0.314 e. The zero-order valence-electron chi connectivity index (χ0n) is 10.1. The van der Waals surface area contributed by atoms with E-state index in [0.29, 0.717) is 0 Å². The maximum Gasteiger partial charge on any atom is 0.00670 e. The summed E-state index contributed by atoms with van der Waals surface area (Å²) in [6.45, 7) is 12.6. The predicted octanol–water partition coefficient (Wildman–Crippen LogP) is 3.45. The molecule has 0 aromatic rings. The molecule has 1 N–H and O–H groups in total. The highest BCUT2D eigenvalue weighted by Crippen LogP contribution is 2.12. The number of rotatable bonds is 7. The summed E-state index contributed by atoms with van der Waals surface area (Å²) in [4.78, 5) is 0. The Morgan fingerprint density at radius 3 is 2.00 bits per heavy atom. The molecule has 1 nitrogen and oxygen atoms in total. The van der Waals surface area contributed by atoms with Crippen molar-refractivity contribution in [1.29, 1.82) is 0 Å². The van der Waals surface area contributed by atoms with Crippen LogP contribution in [0.1, 0.15) is 53.9 Å². The normalized spacial score (nSPS) is 16.2. The Balaban J connectivity index is 3.62. The second-order valence-electron chi connectivity index (χ2n) is 4.66. The van der Waals surface area contributed by atoms with Crippen molar-refractivity contribution in [3.8, 4) is 0 Å². The van der Waals surface area contributed by atoms with Crippen molar-refractivity contribution < 1.29 is 0 Å². The first-order chi connectivity index (χ1) is 6.10. The average molecular weight is 185 g/mol. The molecule has 0 spiro atoms. The molecule has 2 atom stereocenters. The Bertz CT molecular complexity index is 110. The summed E-state index contributed by atoms with van der Waals surface area (Å²) in [7, 11) is 0. The zero-order valence-corrected chi connectivity index (χ0v) is 10.1. The molecule has 0 radical (unpaired) electrons. The molecule has 0 fully saturated rings. The number of nitrogens with one attached hydrogen (secondary N) is 1. The van der Waals surface area contributed by atoms with E-state index >= 15 is 0 Å². The van der Waals surface area contributed by atoms with Crippen LogP contribution in [0.25, 0.3) is 0 Å². The van der Waals surface area contributed by atoms with Crippen LogP contribution in [0.15, 0.2) is 0 Å². The van der Waals surface area contributed by atoms with Crippen LogP contribution < -0.4 is 5.32 Å². The molecule has 0 rings (SSSR count). The summed E-state index contributed by atoms with van der Waals surface area (Å²) in [6.07, 6.45) is 3.90. The van der Waals surface area contributed by atoms with Crippen molar-refractivity contribution in [3.05, 3.63) is 0 Å². The molecule has 0 heterocycles. The van der Waals surface area contributed by atoms with E-state index in [1.165, 1.54) is 19.3 Å². The number of hydrogen-bond acceptors (Lipinski definition) is 1. The van der Waals surface area contributed by atoms with Gasteiger partial charge in [-0.1, -0.05) is 41.0 Å². The van der Waals surface area contributed by atoms with Crippen LogP contribution in [-0.2, 0) is 0 Å². The van der Waals surface area contributed by atoms with Crippen molar-refractivity contribution in [2.45, 2.75) is 59.9 Å². The summed E-state index contributed by atoms with van der Waals surface area (Å²) >= 11 is 0. The van der Waals surface area contributed by atoms with Crippen LogP contribution in [0.2, 0.25) is 0 Å². The lowest BCUT2D eigenvalue weighted by Gasteiger charge is -2.21. The van der Waals surface area contributed by atoms with E-state index in [2.05, 4.69) is 39.9 Å². The third kappa shape index (κ3) is 7.06. The fraction of sp³-hybridized carbons (Fsp3) is 1.00. The lowest BCUT2D eigenvalue weighted by Crippen LogP contribution is -2.32. The average Bonchev–Trinajstić information content (AvgIpc) is 2.11. The quantitative estimate of drug-likeness (QED) is 0.640. The van der Waals surface area contributed by atoms with Crippen LogP contribution in [0.3, 0.4) is 0 Å². The molecule has 0 aliphatic heterocycles. The molecule has 0 bridgehead atoms. The van der Waals surface area contributed by atoms with Gasteiger partial charge in [0.25, 0.3) is 0 Å². The minimum Gasteiger partial charge on any atom is -0.314 e. The van der Waals surface area contributed by atoms with Gasteiger partial charge in [-0.3, -0.25) is 0 Å². The van der Waals surface area contributed by atoms with Gasteiger partial charge in [-0.05, 0) is 31.2 Å². The van der Waals surface area contributed by atoms with Crippen molar-refractivity contribution >= 4 is 0 Å². The highest BCUT2D eigenvalue weighted by Gasteiger charge is 2.09. The summed E-state index contributed by atoms with van der Waals surface area (Å²) in [5.41, 5.74) is 0. The first-order valence-corrected chi connectivity index (χ1v) is 5.83. The Morgan fingerprint density at radius 2 is 1.62 bits per heavy atom. The molecule has 80 valence electrons. The van der Waals surface area contributed by atoms with Crippen LogP contribution in [0.5, 0.6) is 0 Å². The predicted molar refractivity (Wildman–Crippen MR) is 61.0 cm³/mol. The molecule has 0 aromatic heterocycles. The van der Waals surface area contributed by atoms with Gasteiger partial charge in [0.1, 0.15) is 0 Å². The van der Waals surface area contributed by atoms with Crippen molar-refractivity contribution in [2.75, 3.05) is 6.54 Å². The lowest BCUT2D eigenvalue weighted by atomic mass is 9.97. The molecule has 0 saturated carbocycles. The monoisotopic (exact) mass is 185 g/mol. The van der Waals surface area contributed by atoms with Crippen LogP contribution in [0, 0.1) is 11.8 Å². The Hall–Kier alpha value is -0.0400. The van der Waals surface area contributed by atoms with E-state index < -0.39 is 0 Å². The van der Waals surface area contributed by atoms with Gasteiger partial charge in [0.05, 0.1) is 0 Å². The van der Waals surface area contributed by atoms with Gasteiger partial charge in [0.15, 0.2) is 0 Å². The molecule has 0 aliphatic rings. The van der Waals surface area contributed by atoms with Crippen molar-refractivity contribution in [2.24, 2.45) is 11.8 Å². The smallest absolute Gasteiger partial charge is 0.00670 e. The second kappa shape index (κ2) is 7.37. The maximum absolute atomic E-state index is 3.63. The Morgan fingerprint density at radius 1 is 1.00 bits per heavy atom. The van der Waals surface area contributed by atoms with Gasteiger partial charge >= 0.3 is 0 Å². The number of hydrogen-bond donors (Lipinski definition) is 1. The topological polar surface area (TPSA) is 12.0 Å². The highest BCUT2D eigenvalue weighted by molar-refractivity contribution is 4.68. The minimum atomic E-state index is 0.734. The van der Waals surface area contributed by atoms with E-state index in [1.54, 1.807) is 0 Å². The van der Waals surface area contributed by atoms with Crippen molar-refractivity contribution in [1.82, 2.24) is 5.32 Å². The van der Waals surface area contributed by atoms with E-state index in [9.17, 15) is 0 Å². The van der Waals surface area contributed by atoms with Gasteiger partial charge in [-0.2, -0.15) is 0 Å². The summed E-state index contributed by atoms with van der Waals surface area (Å²) in [5.74, 6) is 1.63. The summed E-state index contributed by atoms with van der Waals surface area (Å²) in [5, 5.41) is 3.63. The third-order valence-corrected chi connectivity index (χ3v) is 2.69. The molecule has 2 unspecified atom stereocenters. The fourth-order valence-electron chi connectivity index (χ4n) is 1.45. The maximum atomic E-state index is 3.63. The Kier molecular flexibility index (Phi) is 7.35. The summed E-state index contributed by atoms with van der Waals surface area (Å²) < 4.78 is 0. The van der Waals surface area contributed by atoms with E-state index in [1.807, 2.05) is 0 Å². The van der Waals surface area contributed by atoms with Crippen LogP contribution in [-0.4, -0.2) is 12.6 Å². The SMILES string of the molecule is CCC(C)CC(CC)NCC(C)C. The van der Waals surface area contributed by atoms with Crippen LogP contribution in [0.4, 0.5) is 0 Å². The fourth-order valence-corrected chi connectivity index (χ4v) is 1.45. The molecule has 0 aliphatic carbocycles. The molecule has 0 saturated heterocycles. The molecular weight excluding hydrogens is 158 g/mol. The zero-order chi connectivity index (χ0) is 10.3. The van der Waals surface area contributed by atoms with E-state index in [0.717, 1.165) is 24.4 Å². The molecular formula is C12H27N. The molecule has 0 amide bonds. The lowest BCUT2D eigenvalue weighted by molar-refractivity contribution is 0.369. The minimum absolute atomic E-state index is 0.734. The first-order valence-electron chi connectivity index (χ1n) is 5.83. The molecule has 1 heteroatoms.